The second-order valence-corrected chi connectivity index (χ2v) is 7.99. The molecule has 1 atom stereocenters. The van der Waals surface area contributed by atoms with Crippen LogP contribution in [0.25, 0.3) is 0 Å². The molecular weight excluding hydrogens is 290 g/mol. The van der Waals surface area contributed by atoms with Crippen molar-refractivity contribution in [1.82, 2.24) is 4.72 Å². The van der Waals surface area contributed by atoms with Crippen LogP contribution in [0, 0.1) is 0 Å². The number of aryl methyl sites for hydroxylation is 1. The zero-order valence-corrected chi connectivity index (χ0v) is 13.4. The standard InChI is InChI=1S/C12H20ClNO2S2/c1-4-10-6-7-11(17-10)18(15,16)14-12(3,5-2)8-9-13/h6-7,14H,4-5,8-9H2,1-3H3. The van der Waals surface area contributed by atoms with Gasteiger partial charge >= 0.3 is 0 Å². The lowest BCUT2D eigenvalue weighted by atomic mass is 9.97. The number of halogens is 1. The minimum Gasteiger partial charge on any atom is -0.206 e. The Kier molecular flexibility index (Phi) is 5.65. The van der Waals surface area contributed by atoms with Crippen LogP contribution in [0.5, 0.6) is 0 Å². The molecule has 0 bridgehead atoms. The molecule has 0 aromatic carbocycles. The number of nitrogens with one attached hydrogen (secondary N) is 1. The van der Waals surface area contributed by atoms with Gasteiger partial charge in [0.2, 0.25) is 0 Å². The van der Waals surface area contributed by atoms with Crippen molar-refractivity contribution in [1.29, 1.82) is 0 Å². The lowest BCUT2D eigenvalue weighted by Gasteiger charge is -2.28. The molecule has 1 rings (SSSR count). The monoisotopic (exact) mass is 309 g/mol. The van der Waals surface area contributed by atoms with E-state index in [-0.39, 0.29) is 0 Å². The van der Waals surface area contributed by atoms with Gasteiger partial charge in [0.1, 0.15) is 4.21 Å². The maximum atomic E-state index is 12.3. The molecule has 0 fully saturated rings. The van der Waals surface area contributed by atoms with Crippen molar-refractivity contribution in [2.75, 3.05) is 5.88 Å². The van der Waals surface area contributed by atoms with Crippen LogP contribution in [-0.4, -0.2) is 19.8 Å². The van der Waals surface area contributed by atoms with Crippen LogP contribution in [0.3, 0.4) is 0 Å². The molecule has 104 valence electrons. The summed E-state index contributed by atoms with van der Waals surface area (Å²) in [6.07, 6.45) is 2.19. The van der Waals surface area contributed by atoms with Crippen molar-refractivity contribution in [2.24, 2.45) is 0 Å². The number of hydrogen-bond acceptors (Lipinski definition) is 3. The summed E-state index contributed by atoms with van der Waals surface area (Å²) in [5, 5.41) is 0. The Balaban J connectivity index is 2.93. The van der Waals surface area contributed by atoms with E-state index >= 15 is 0 Å². The molecule has 0 radical (unpaired) electrons. The van der Waals surface area contributed by atoms with E-state index in [1.165, 1.54) is 11.3 Å². The molecule has 3 nitrogen and oxygen atoms in total. The van der Waals surface area contributed by atoms with Gasteiger partial charge in [-0.15, -0.1) is 22.9 Å². The lowest BCUT2D eigenvalue weighted by Crippen LogP contribution is -2.45. The summed E-state index contributed by atoms with van der Waals surface area (Å²) in [6, 6.07) is 3.53. The fourth-order valence-corrected chi connectivity index (χ4v) is 4.80. The van der Waals surface area contributed by atoms with Gasteiger partial charge in [0.25, 0.3) is 10.0 Å². The maximum Gasteiger partial charge on any atom is 0.250 e. The van der Waals surface area contributed by atoms with Crippen molar-refractivity contribution in [3.05, 3.63) is 17.0 Å². The van der Waals surface area contributed by atoms with Gasteiger partial charge in [-0.1, -0.05) is 13.8 Å². The molecule has 1 N–H and O–H groups in total. The molecule has 0 saturated heterocycles. The molecule has 18 heavy (non-hydrogen) atoms. The maximum absolute atomic E-state index is 12.3. The van der Waals surface area contributed by atoms with E-state index in [0.29, 0.717) is 22.9 Å². The quantitative estimate of drug-likeness (QED) is 0.785. The van der Waals surface area contributed by atoms with Crippen LogP contribution in [0.2, 0.25) is 0 Å². The third-order valence-electron chi connectivity index (χ3n) is 3.06. The van der Waals surface area contributed by atoms with Crippen molar-refractivity contribution in [2.45, 2.75) is 49.8 Å². The summed E-state index contributed by atoms with van der Waals surface area (Å²) < 4.78 is 27.7. The zero-order valence-electron chi connectivity index (χ0n) is 11.0. The van der Waals surface area contributed by atoms with Crippen LogP contribution in [-0.2, 0) is 16.4 Å². The van der Waals surface area contributed by atoms with Gasteiger partial charge in [-0.05, 0) is 38.3 Å². The van der Waals surface area contributed by atoms with Gasteiger partial charge < -0.3 is 0 Å². The van der Waals surface area contributed by atoms with E-state index in [2.05, 4.69) is 4.72 Å². The average molecular weight is 310 g/mol. The predicted molar refractivity (Wildman–Crippen MR) is 78.1 cm³/mol. The van der Waals surface area contributed by atoms with Gasteiger partial charge in [-0.25, -0.2) is 13.1 Å². The molecule has 0 amide bonds. The van der Waals surface area contributed by atoms with Gasteiger partial charge in [0, 0.05) is 16.3 Å². The van der Waals surface area contributed by atoms with Crippen molar-refractivity contribution in [3.8, 4) is 0 Å². The topological polar surface area (TPSA) is 46.2 Å². The van der Waals surface area contributed by atoms with Crippen LogP contribution >= 0.6 is 22.9 Å². The SMILES string of the molecule is CCc1ccc(S(=O)(=O)NC(C)(CC)CCCl)s1. The number of alkyl halides is 1. The first kappa shape index (κ1) is 16.0. The Bertz CT molecular complexity index is 484. The molecule has 1 heterocycles. The Hall–Kier alpha value is -0.100. The summed E-state index contributed by atoms with van der Waals surface area (Å²) in [4.78, 5) is 1.07. The highest BCUT2D eigenvalue weighted by atomic mass is 35.5. The highest BCUT2D eigenvalue weighted by Gasteiger charge is 2.29. The highest BCUT2D eigenvalue weighted by Crippen LogP contribution is 2.25. The van der Waals surface area contributed by atoms with Crippen molar-refractivity contribution < 1.29 is 8.42 Å². The summed E-state index contributed by atoms with van der Waals surface area (Å²) in [5.74, 6) is 0.442. The Morgan fingerprint density at radius 2 is 2.06 bits per heavy atom. The normalized spacial score (nSPS) is 15.6. The van der Waals surface area contributed by atoms with Crippen LogP contribution in [0.4, 0.5) is 0 Å². The second kappa shape index (κ2) is 6.37. The van der Waals surface area contributed by atoms with Crippen LogP contribution < -0.4 is 4.72 Å². The molecule has 6 heteroatoms. The summed E-state index contributed by atoms with van der Waals surface area (Å²) in [7, 11) is -3.43. The fraction of sp³-hybridized carbons (Fsp3) is 0.667. The molecular formula is C12H20ClNO2S2. The molecule has 1 aromatic heterocycles. The van der Waals surface area contributed by atoms with E-state index in [1.807, 2.05) is 26.8 Å². The van der Waals surface area contributed by atoms with Gasteiger partial charge in [0.15, 0.2) is 0 Å². The van der Waals surface area contributed by atoms with Gasteiger partial charge in [0.05, 0.1) is 0 Å². The third-order valence-corrected chi connectivity index (χ3v) is 6.61. The largest absolute Gasteiger partial charge is 0.250 e. The molecule has 0 spiro atoms. The smallest absolute Gasteiger partial charge is 0.206 e. The Labute approximate surface area is 119 Å². The Morgan fingerprint density at radius 1 is 1.39 bits per heavy atom. The number of rotatable bonds is 7. The average Bonchev–Trinajstić information content (AvgIpc) is 2.78. The minimum absolute atomic E-state index is 0.383. The first-order valence-corrected chi connectivity index (χ1v) is 8.89. The molecule has 0 aliphatic heterocycles. The molecule has 1 aromatic rings. The van der Waals surface area contributed by atoms with E-state index in [4.69, 9.17) is 11.6 Å². The molecule has 1 unspecified atom stereocenters. The number of hydrogen-bond donors (Lipinski definition) is 1. The molecule has 0 aliphatic carbocycles. The van der Waals surface area contributed by atoms with Crippen molar-refractivity contribution >= 4 is 33.0 Å². The first-order valence-electron chi connectivity index (χ1n) is 6.05. The minimum atomic E-state index is -3.43. The lowest BCUT2D eigenvalue weighted by molar-refractivity contribution is 0.391. The second-order valence-electron chi connectivity index (χ2n) is 4.53. The number of sulfonamides is 1. The van der Waals surface area contributed by atoms with Crippen LogP contribution in [0.1, 0.15) is 38.5 Å². The summed E-state index contributed by atoms with van der Waals surface area (Å²) >= 11 is 7.06. The number of thiophene rings is 1. The van der Waals surface area contributed by atoms with E-state index in [0.717, 1.165) is 11.3 Å². The van der Waals surface area contributed by atoms with Gasteiger partial charge in [-0.3, -0.25) is 0 Å². The van der Waals surface area contributed by atoms with E-state index in [1.54, 1.807) is 6.07 Å². The van der Waals surface area contributed by atoms with Gasteiger partial charge in [-0.2, -0.15) is 0 Å². The third kappa shape index (κ3) is 3.95. The summed E-state index contributed by atoms with van der Waals surface area (Å²) in [5.41, 5.74) is -0.475. The van der Waals surface area contributed by atoms with Crippen molar-refractivity contribution in [3.63, 3.8) is 0 Å². The molecule has 0 saturated carbocycles. The highest BCUT2D eigenvalue weighted by molar-refractivity contribution is 7.91. The Morgan fingerprint density at radius 3 is 2.50 bits per heavy atom. The fourth-order valence-electron chi connectivity index (χ4n) is 1.58. The van der Waals surface area contributed by atoms with E-state index < -0.39 is 15.6 Å². The first-order chi connectivity index (χ1) is 8.37. The predicted octanol–water partition coefficient (Wildman–Crippen LogP) is 3.39. The molecule has 0 aliphatic rings. The van der Waals surface area contributed by atoms with Crippen LogP contribution in [0.15, 0.2) is 16.3 Å². The van der Waals surface area contributed by atoms with E-state index in [9.17, 15) is 8.42 Å². The zero-order chi connectivity index (χ0) is 13.8. The summed E-state index contributed by atoms with van der Waals surface area (Å²) in [6.45, 7) is 5.86.